The summed E-state index contributed by atoms with van der Waals surface area (Å²) in [5.74, 6) is 0. The first kappa shape index (κ1) is 10.4. The van der Waals surface area contributed by atoms with Crippen LogP contribution in [-0.4, -0.2) is 38.7 Å². The zero-order valence-corrected chi connectivity index (χ0v) is 9.36. The molecule has 1 saturated heterocycles. The predicted molar refractivity (Wildman–Crippen MR) is 57.7 cm³/mol. The Balaban J connectivity index is 2.48. The van der Waals surface area contributed by atoms with Crippen molar-refractivity contribution in [3.05, 3.63) is 0 Å². The van der Waals surface area contributed by atoms with Gasteiger partial charge in [0.2, 0.25) is 0 Å². The van der Waals surface area contributed by atoms with Crippen LogP contribution in [0.1, 0.15) is 19.8 Å². The van der Waals surface area contributed by atoms with Crippen molar-refractivity contribution in [2.24, 2.45) is 0 Å². The molecular weight excluding hydrogens is 169 g/mol. The van der Waals surface area contributed by atoms with E-state index in [0.29, 0.717) is 0 Å². The van der Waals surface area contributed by atoms with Gasteiger partial charge in [-0.25, -0.2) is 0 Å². The molecule has 1 heterocycles. The molecule has 0 bridgehead atoms. The van der Waals surface area contributed by atoms with Crippen LogP contribution in [0, 0.1) is 0 Å². The molecule has 0 aromatic rings. The van der Waals surface area contributed by atoms with Gasteiger partial charge in [0.15, 0.2) is 0 Å². The normalized spacial score (nSPS) is 26.2. The molecule has 1 aliphatic rings. The van der Waals surface area contributed by atoms with Gasteiger partial charge in [0.1, 0.15) is 0 Å². The van der Waals surface area contributed by atoms with Crippen molar-refractivity contribution < 1.29 is 4.52 Å². The molecule has 0 saturated carbocycles. The predicted octanol–water partition coefficient (Wildman–Crippen LogP) is 1.70. The van der Waals surface area contributed by atoms with Gasteiger partial charge >= 0.3 is 75.8 Å². The quantitative estimate of drug-likeness (QED) is 0.686. The molecule has 12 heavy (non-hydrogen) atoms. The number of hydrogen-bond acceptors (Lipinski definition) is 2. The summed E-state index contributed by atoms with van der Waals surface area (Å²) in [6.07, 6.45) is 6.65. The SMILES string of the molecule is CCC[PH]1(OC)CCCNCC1. The molecule has 1 fully saturated rings. The Bertz CT molecular complexity index is 122. The van der Waals surface area contributed by atoms with Gasteiger partial charge in [-0.15, -0.1) is 0 Å². The number of rotatable bonds is 3. The summed E-state index contributed by atoms with van der Waals surface area (Å²) in [5.41, 5.74) is 0. The maximum absolute atomic E-state index is 5.80. The summed E-state index contributed by atoms with van der Waals surface area (Å²) in [7, 11) is 0.654. The Labute approximate surface area is 76.5 Å². The van der Waals surface area contributed by atoms with Crippen molar-refractivity contribution >= 4 is 7.49 Å². The van der Waals surface area contributed by atoms with Crippen LogP contribution in [0.25, 0.3) is 0 Å². The van der Waals surface area contributed by atoms with Gasteiger partial charge in [0.05, 0.1) is 0 Å². The van der Waals surface area contributed by atoms with Crippen LogP contribution in [-0.2, 0) is 4.52 Å². The molecular formula is C9H22NOP. The minimum atomic E-state index is -1.27. The molecule has 0 aliphatic carbocycles. The summed E-state index contributed by atoms with van der Waals surface area (Å²) in [5, 5.41) is 3.45. The van der Waals surface area contributed by atoms with Crippen molar-refractivity contribution in [3.8, 4) is 0 Å². The topological polar surface area (TPSA) is 21.3 Å². The van der Waals surface area contributed by atoms with E-state index in [-0.39, 0.29) is 0 Å². The van der Waals surface area contributed by atoms with Gasteiger partial charge in [-0.2, -0.15) is 0 Å². The third kappa shape index (κ3) is 2.69. The van der Waals surface area contributed by atoms with E-state index < -0.39 is 7.49 Å². The number of nitrogens with one attached hydrogen (secondary N) is 1. The Kier molecular flexibility index (Phi) is 4.49. The molecule has 0 aromatic heterocycles. The van der Waals surface area contributed by atoms with Crippen molar-refractivity contribution in [1.82, 2.24) is 5.32 Å². The summed E-state index contributed by atoms with van der Waals surface area (Å²) < 4.78 is 5.80. The van der Waals surface area contributed by atoms with E-state index >= 15 is 0 Å². The Morgan fingerprint density at radius 1 is 1.33 bits per heavy atom. The first-order valence-electron chi connectivity index (χ1n) is 5.09. The fourth-order valence-corrected chi connectivity index (χ4v) is 5.84. The molecule has 3 heteroatoms. The van der Waals surface area contributed by atoms with Crippen molar-refractivity contribution in [2.75, 3.05) is 38.7 Å². The van der Waals surface area contributed by atoms with Crippen LogP contribution in [0.4, 0.5) is 0 Å². The Hall–Kier alpha value is 0.350. The first-order chi connectivity index (χ1) is 5.83. The monoisotopic (exact) mass is 191 g/mol. The molecule has 2 nitrogen and oxygen atoms in total. The van der Waals surface area contributed by atoms with Gasteiger partial charge < -0.3 is 0 Å². The fraction of sp³-hybridized carbons (Fsp3) is 1.00. The molecule has 0 aromatic carbocycles. The minimum absolute atomic E-state index is 1.18. The van der Waals surface area contributed by atoms with Crippen LogP contribution in [0.5, 0.6) is 0 Å². The van der Waals surface area contributed by atoms with Gasteiger partial charge in [-0.05, 0) is 0 Å². The third-order valence-corrected chi connectivity index (χ3v) is 7.59. The van der Waals surface area contributed by atoms with Crippen LogP contribution in [0.3, 0.4) is 0 Å². The van der Waals surface area contributed by atoms with Gasteiger partial charge in [0.25, 0.3) is 0 Å². The molecule has 1 rings (SSSR count). The second kappa shape index (κ2) is 5.16. The molecule has 0 unspecified atom stereocenters. The second-order valence-electron chi connectivity index (χ2n) is 3.74. The molecule has 1 N–H and O–H groups in total. The van der Waals surface area contributed by atoms with E-state index in [1.54, 1.807) is 0 Å². The Morgan fingerprint density at radius 3 is 2.83 bits per heavy atom. The van der Waals surface area contributed by atoms with E-state index in [0.717, 1.165) is 0 Å². The first-order valence-corrected chi connectivity index (χ1v) is 7.62. The Morgan fingerprint density at radius 2 is 2.17 bits per heavy atom. The second-order valence-corrected chi connectivity index (χ2v) is 8.01. The van der Waals surface area contributed by atoms with E-state index in [1.165, 1.54) is 44.4 Å². The van der Waals surface area contributed by atoms with Gasteiger partial charge in [-0.3, -0.25) is 0 Å². The maximum atomic E-state index is 5.80. The van der Waals surface area contributed by atoms with Crippen molar-refractivity contribution in [3.63, 3.8) is 0 Å². The van der Waals surface area contributed by atoms with Gasteiger partial charge in [-0.1, -0.05) is 0 Å². The molecule has 0 atom stereocenters. The van der Waals surface area contributed by atoms with Crippen LogP contribution < -0.4 is 5.32 Å². The van der Waals surface area contributed by atoms with E-state index in [9.17, 15) is 0 Å². The van der Waals surface area contributed by atoms with Crippen LogP contribution >= 0.6 is 7.49 Å². The summed E-state index contributed by atoms with van der Waals surface area (Å²) in [4.78, 5) is 0. The van der Waals surface area contributed by atoms with Crippen LogP contribution in [0.2, 0.25) is 0 Å². The molecule has 0 amide bonds. The number of hydrogen-bond donors (Lipinski definition) is 1. The van der Waals surface area contributed by atoms with E-state index in [4.69, 9.17) is 4.52 Å². The van der Waals surface area contributed by atoms with Crippen molar-refractivity contribution in [2.45, 2.75) is 19.8 Å². The van der Waals surface area contributed by atoms with Gasteiger partial charge in [0, 0.05) is 0 Å². The molecule has 0 spiro atoms. The molecule has 74 valence electrons. The van der Waals surface area contributed by atoms with Crippen molar-refractivity contribution in [1.29, 1.82) is 0 Å². The third-order valence-electron chi connectivity index (χ3n) is 2.88. The van der Waals surface area contributed by atoms with E-state index in [1.807, 2.05) is 7.11 Å². The fourth-order valence-electron chi connectivity index (χ4n) is 2.11. The van der Waals surface area contributed by atoms with Crippen LogP contribution in [0.15, 0.2) is 0 Å². The van der Waals surface area contributed by atoms with E-state index in [2.05, 4.69) is 12.2 Å². The average Bonchev–Trinajstić information content (AvgIpc) is 2.32. The zero-order valence-electron chi connectivity index (χ0n) is 8.36. The summed E-state index contributed by atoms with van der Waals surface area (Å²) >= 11 is 0. The molecule has 1 aliphatic heterocycles. The molecule has 0 radical (unpaired) electrons. The summed E-state index contributed by atoms with van der Waals surface area (Å²) in [6.45, 7) is 4.65. The average molecular weight is 191 g/mol. The zero-order chi connectivity index (χ0) is 8.86. The standard InChI is InChI=1S/C9H22NOP/c1-3-7-12(11-2)8-4-5-10-6-9-12/h10,12H,3-9H2,1-2H3. The summed E-state index contributed by atoms with van der Waals surface area (Å²) in [6, 6.07) is 0.